The van der Waals surface area contributed by atoms with Gasteiger partial charge < -0.3 is 0 Å². The Balaban J connectivity index is 1.41. The number of nitrogens with zero attached hydrogens (tertiary/aromatic N) is 2. The summed E-state index contributed by atoms with van der Waals surface area (Å²) in [7, 11) is 0. The molecule has 2 aromatic carbocycles. The Morgan fingerprint density at radius 1 is 0.800 bits per heavy atom. The van der Waals surface area contributed by atoms with E-state index >= 15 is 0 Å². The fourth-order valence-electron chi connectivity index (χ4n) is 3.00. The van der Waals surface area contributed by atoms with E-state index in [4.69, 9.17) is 0 Å². The molecule has 0 saturated heterocycles. The van der Waals surface area contributed by atoms with Crippen LogP contribution in [0.4, 0.5) is 0 Å². The van der Waals surface area contributed by atoms with E-state index in [1.54, 1.807) is 41.8 Å². The molecule has 30 heavy (non-hydrogen) atoms. The van der Waals surface area contributed by atoms with Gasteiger partial charge in [-0.1, -0.05) is 36.1 Å². The fraction of sp³-hybridized carbons (Fsp3) is 0.0417. The van der Waals surface area contributed by atoms with E-state index < -0.39 is 11.8 Å². The molecule has 2 heterocycles. The van der Waals surface area contributed by atoms with E-state index in [1.807, 2.05) is 48.5 Å². The number of pyridine rings is 1. The molecule has 0 fully saturated rings. The summed E-state index contributed by atoms with van der Waals surface area (Å²) in [5.74, 6) is 5.27. The van der Waals surface area contributed by atoms with Crippen molar-refractivity contribution in [3.8, 4) is 11.8 Å². The highest BCUT2D eigenvalue weighted by Crippen LogP contribution is 2.11. The number of nitrogens with one attached hydrogen (secondary N) is 2. The Hall–Kier alpha value is -4.37. The van der Waals surface area contributed by atoms with E-state index in [0.29, 0.717) is 22.6 Å². The van der Waals surface area contributed by atoms with Crippen LogP contribution in [0, 0.1) is 18.8 Å². The molecule has 6 nitrogen and oxygen atoms in total. The highest BCUT2D eigenvalue weighted by atomic mass is 16.2. The Morgan fingerprint density at radius 2 is 1.43 bits per heavy atom. The number of aromatic nitrogens is 2. The first-order chi connectivity index (χ1) is 14.6. The van der Waals surface area contributed by atoms with Crippen LogP contribution in [-0.4, -0.2) is 21.2 Å². The first kappa shape index (κ1) is 19.0. The summed E-state index contributed by atoms with van der Waals surface area (Å²) in [6.07, 6.45) is 1.75. The quantitative estimate of drug-likeness (QED) is 0.405. The highest BCUT2D eigenvalue weighted by molar-refractivity contribution is 5.99. The molecule has 2 amide bonds. The van der Waals surface area contributed by atoms with Crippen molar-refractivity contribution in [3.63, 3.8) is 0 Å². The predicted octanol–water partition coefficient (Wildman–Crippen LogP) is 3.12. The lowest BCUT2D eigenvalue weighted by Crippen LogP contribution is -2.42. The Labute approximate surface area is 173 Å². The number of hydrogen-bond donors (Lipinski definition) is 2. The van der Waals surface area contributed by atoms with E-state index in [9.17, 15) is 9.59 Å². The van der Waals surface area contributed by atoms with Gasteiger partial charge in [-0.15, -0.1) is 0 Å². The summed E-state index contributed by atoms with van der Waals surface area (Å²) in [6, 6.07) is 22.0. The number of amides is 2. The van der Waals surface area contributed by atoms with Gasteiger partial charge >= 0.3 is 0 Å². The van der Waals surface area contributed by atoms with Crippen molar-refractivity contribution in [2.24, 2.45) is 0 Å². The van der Waals surface area contributed by atoms with Crippen LogP contribution in [0.5, 0.6) is 0 Å². The normalized spacial score (nSPS) is 10.2. The maximum absolute atomic E-state index is 12.5. The maximum Gasteiger partial charge on any atom is 0.288 e. The number of carbonyl (C=O) groups excluding carboxylic acids is 2. The first-order valence-corrected chi connectivity index (χ1v) is 9.33. The Bertz CT molecular complexity index is 1280. The lowest BCUT2D eigenvalue weighted by atomic mass is 10.1. The second kappa shape index (κ2) is 8.33. The Morgan fingerprint density at radius 3 is 2.17 bits per heavy atom. The first-order valence-electron chi connectivity index (χ1n) is 9.33. The molecular formula is C24H18N4O2. The minimum Gasteiger partial charge on any atom is -0.295 e. The van der Waals surface area contributed by atoms with Crippen molar-refractivity contribution in [1.82, 2.24) is 20.2 Å². The average molecular weight is 394 g/mol. The Kier molecular flexibility index (Phi) is 5.27. The fourth-order valence-corrected chi connectivity index (χ4v) is 3.00. The van der Waals surface area contributed by atoms with Gasteiger partial charge in [-0.05, 0) is 55.5 Å². The summed E-state index contributed by atoms with van der Waals surface area (Å²) in [6.45, 7) is 1.75. The summed E-state index contributed by atoms with van der Waals surface area (Å²) in [4.78, 5) is 29.3. The van der Waals surface area contributed by atoms with Crippen LogP contribution in [0.1, 0.15) is 37.7 Å². The van der Waals surface area contributed by atoms with Gasteiger partial charge in [0.15, 0.2) is 0 Å². The van der Waals surface area contributed by atoms with Crippen LogP contribution >= 0.6 is 0 Å². The van der Waals surface area contributed by atoms with Crippen molar-refractivity contribution in [2.45, 2.75) is 6.92 Å². The second-order valence-electron chi connectivity index (χ2n) is 6.58. The highest BCUT2D eigenvalue weighted by Gasteiger charge is 2.17. The zero-order valence-electron chi connectivity index (χ0n) is 16.2. The summed E-state index contributed by atoms with van der Waals surface area (Å²) >= 11 is 0. The number of imidazole rings is 1. The van der Waals surface area contributed by atoms with Crippen LogP contribution in [0.25, 0.3) is 5.65 Å². The summed E-state index contributed by atoms with van der Waals surface area (Å²) in [5.41, 5.74) is 8.63. The number of carbonyl (C=O) groups is 2. The number of rotatable bonds is 2. The number of hydrogen-bond acceptors (Lipinski definition) is 3. The molecule has 0 atom stereocenters. The molecule has 2 N–H and O–H groups in total. The largest absolute Gasteiger partial charge is 0.295 e. The predicted molar refractivity (Wildman–Crippen MR) is 114 cm³/mol. The van der Waals surface area contributed by atoms with Gasteiger partial charge in [-0.2, -0.15) is 0 Å². The molecule has 146 valence electrons. The van der Waals surface area contributed by atoms with Crippen LogP contribution in [0.3, 0.4) is 0 Å². The lowest BCUT2D eigenvalue weighted by Gasteiger charge is -2.08. The number of benzene rings is 2. The van der Waals surface area contributed by atoms with Crippen molar-refractivity contribution in [3.05, 3.63) is 107 Å². The molecule has 2 aromatic heterocycles. The van der Waals surface area contributed by atoms with Crippen LogP contribution in [0.15, 0.2) is 79.0 Å². The third-order valence-corrected chi connectivity index (χ3v) is 4.48. The smallest absolute Gasteiger partial charge is 0.288 e. The van der Waals surface area contributed by atoms with E-state index in [0.717, 1.165) is 11.1 Å². The molecular weight excluding hydrogens is 376 g/mol. The maximum atomic E-state index is 12.5. The van der Waals surface area contributed by atoms with Gasteiger partial charge in [0, 0.05) is 22.9 Å². The number of hydrazine groups is 1. The number of fused-ring (bicyclic) bond motifs is 1. The molecule has 0 spiro atoms. The molecule has 0 bridgehead atoms. The molecule has 4 aromatic rings. The zero-order chi connectivity index (χ0) is 20.9. The molecule has 6 heteroatoms. The molecule has 0 saturated carbocycles. The van der Waals surface area contributed by atoms with Gasteiger partial charge in [0.05, 0.1) is 5.69 Å². The summed E-state index contributed by atoms with van der Waals surface area (Å²) < 4.78 is 1.68. The molecule has 0 radical (unpaired) electrons. The second-order valence-corrected chi connectivity index (χ2v) is 6.58. The van der Waals surface area contributed by atoms with Crippen LogP contribution in [-0.2, 0) is 0 Å². The van der Waals surface area contributed by atoms with E-state index in [2.05, 4.69) is 27.7 Å². The van der Waals surface area contributed by atoms with E-state index in [-0.39, 0.29) is 0 Å². The third kappa shape index (κ3) is 4.05. The lowest BCUT2D eigenvalue weighted by molar-refractivity contribution is 0.0843. The summed E-state index contributed by atoms with van der Waals surface area (Å²) in [5, 5.41) is 0. The van der Waals surface area contributed by atoms with Crippen molar-refractivity contribution in [1.29, 1.82) is 0 Å². The average Bonchev–Trinajstić information content (AvgIpc) is 3.12. The zero-order valence-corrected chi connectivity index (χ0v) is 16.2. The SMILES string of the molecule is Cc1nc2ccccn2c1C(=O)NNC(=O)c1ccc(C#Cc2ccccc2)cc1. The van der Waals surface area contributed by atoms with E-state index in [1.165, 1.54) is 0 Å². The minimum atomic E-state index is -0.440. The van der Waals surface area contributed by atoms with Gasteiger partial charge in [-0.25, -0.2) is 4.98 Å². The topological polar surface area (TPSA) is 75.5 Å². The molecule has 0 unspecified atom stereocenters. The molecule has 0 aliphatic heterocycles. The molecule has 4 rings (SSSR count). The monoisotopic (exact) mass is 394 g/mol. The minimum absolute atomic E-state index is 0.373. The van der Waals surface area contributed by atoms with Gasteiger partial charge in [0.25, 0.3) is 11.8 Å². The standard InChI is InChI=1S/C24H18N4O2/c1-17-22(28-16-6-5-9-21(28)25-17)24(30)27-26-23(29)20-14-12-19(13-15-20)11-10-18-7-3-2-4-8-18/h2-9,12-16H,1H3,(H,26,29)(H,27,30). The van der Waals surface area contributed by atoms with Gasteiger partial charge in [-0.3, -0.25) is 24.8 Å². The number of aryl methyl sites for hydroxylation is 1. The van der Waals surface area contributed by atoms with Crippen LogP contribution in [0.2, 0.25) is 0 Å². The van der Waals surface area contributed by atoms with Gasteiger partial charge in [0.1, 0.15) is 11.3 Å². The third-order valence-electron chi connectivity index (χ3n) is 4.48. The molecule has 0 aliphatic carbocycles. The van der Waals surface area contributed by atoms with Gasteiger partial charge in [0.2, 0.25) is 0 Å². The van der Waals surface area contributed by atoms with Crippen molar-refractivity contribution < 1.29 is 9.59 Å². The van der Waals surface area contributed by atoms with Crippen LogP contribution < -0.4 is 10.9 Å². The van der Waals surface area contributed by atoms with Crippen molar-refractivity contribution >= 4 is 17.5 Å². The van der Waals surface area contributed by atoms with Crippen molar-refractivity contribution in [2.75, 3.05) is 0 Å². The molecule has 0 aliphatic rings.